The van der Waals surface area contributed by atoms with Crippen molar-refractivity contribution in [2.45, 2.75) is 65.7 Å². The molecule has 4 rings (SSSR count). The van der Waals surface area contributed by atoms with Gasteiger partial charge >= 0.3 is 35.0 Å². The number of carbonyl (C=O) groups is 2. The minimum atomic E-state index is -0.274. The van der Waals surface area contributed by atoms with E-state index in [1.165, 1.54) is 45.5 Å². The zero-order valence-electron chi connectivity index (χ0n) is 20.0. The van der Waals surface area contributed by atoms with Crippen LogP contribution in [0, 0.1) is 6.42 Å². The second kappa shape index (κ2) is 18.4. The van der Waals surface area contributed by atoms with Crippen LogP contribution in [-0.2, 0) is 22.3 Å². The summed E-state index contributed by atoms with van der Waals surface area (Å²) in [5, 5.41) is 0. The largest absolute Gasteiger partial charge is 2.00 e. The van der Waals surface area contributed by atoms with Crippen molar-refractivity contribution in [3.05, 3.63) is 75.1 Å². The fourth-order valence-electron chi connectivity index (χ4n) is 3.05. The molecule has 0 aliphatic heterocycles. The molecule has 2 fully saturated rings. The first-order chi connectivity index (χ1) is 14.9. The number of esters is 2. The van der Waals surface area contributed by atoms with Gasteiger partial charge < -0.3 is 32.9 Å². The zero-order valence-corrected chi connectivity index (χ0v) is 24.5. The van der Waals surface area contributed by atoms with E-state index in [1.54, 1.807) is 6.07 Å². The summed E-state index contributed by atoms with van der Waals surface area (Å²) in [5.41, 5.74) is 4.84. The fraction of sp³-hybridized carbons (Fsp3) is 0.444. The van der Waals surface area contributed by atoms with Gasteiger partial charge in [0.1, 0.15) is 0 Å². The van der Waals surface area contributed by atoms with Crippen molar-refractivity contribution in [3.8, 4) is 0 Å². The molecule has 0 radical (unpaired) electrons. The van der Waals surface area contributed by atoms with Crippen molar-refractivity contribution in [2.75, 3.05) is 14.2 Å². The second-order valence-electron chi connectivity index (χ2n) is 7.55. The number of methoxy groups -OCH3 is 2. The molecular weight excluding hydrogens is 572 g/mol. The van der Waals surface area contributed by atoms with Crippen LogP contribution in [0.2, 0.25) is 0 Å². The summed E-state index contributed by atoms with van der Waals surface area (Å²) in [6.45, 7) is 4.08. The molecule has 0 amide bonds. The Labute approximate surface area is 240 Å². The molecule has 2 aromatic carbocycles. The summed E-state index contributed by atoms with van der Waals surface area (Å²) in [6, 6.07) is 11.7. The first kappa shape index (κ1) is 35.3. The van der Waals surface area contributed by atoms with E-state index in [0.717, 1.165) is 34.4 Å². The van der Waals surface area contributed by atoms with Gasteiger partial charge in [0.25, 0.3) is 0 Å². The molecule has 7 heteroatoms. The minimum Gasteiger partial charge on any atom is -1.00 e. The van der Waals surface area contributed by atoms with E-state index in [2.05, 4.69) is 46.1 Å². The molecule has 0 spiro atoms. The van der Waals surface area contributed by atoms with Gasteiger partial charge in [0, 0.05) is 4.47 Å². The molecule has 2 saturated carbocycles. The van der Waals surface area contributed by atoms with Crippen LogP contribution < -0.4 is 17.0 Å². The molecule has 2 aromatic rings. The van der Waals surface area contributed by atoms with Gasteiger partial charge in [-0.05, 0) is 72.6 Å². The molecule has 2 aliphatic rings. The molecule has 0 N–H and O–H groups in total. The molecule has 0 atom stereocenters. The van der Waals surface area contributed by atoms with Crippen LogP contribution in [0.25, 0.3) is 0 Å². The van der Waals surface area contributed by atoms with Crippen molar-refractivity contribution in [2.24, 2.45) is 0 Å². The van der Waals surface area contributed by atoms with Gasteiger partial charge in [-0.2, -0.15) is 0 Å². The molecule has 34 heavy (non-hydrogen) atoms. The van der Waals surface area contributed by atoms with E-state index in [9.17, 15) is 9.59 Å². The van der Waals surface area contributed by atoms with E-state index in [-0.39, 0.29) is 59.4 Å². The number of ether oxygens (including phenoxy) is 2. The third-order valence-electron chi connectivity index (χ3n) is 5.11. The van der Waals surface area contributed by atoms with Crippen molar-refractivity contribution in [1.82, 2.24) is 0 Å². The van der Waals surface area contributed by atoms with Crippen LogP contribution in [0.1, 0.15) is 90.3 Å². The first-order valence-electron chi connectivity index (χ1n) is 10.8. The van der Waals surface area contributed by atoms with E-state index >= 15 is 0 Å². The van der Waals surface area contributed by atoms with E-state index < -0.39 is 0 Å². The van der Waals surface area contributed by atoms with Crippen molar-refractivity contribution >= 4 is 50.9 Å². The molecule has 184 valence electrons. The summed E-state index contributed by atoms with van der Waals surface area (Å²) in [7, 11) is 2.82. The smallest absolute Gasteiger partial charge is 1.00 e. The quantitative estimate of drug-likeness (QED) is 0.293. The monoisotopic (exact) mass is 606 g/mol. The number of hydrogen-bond acceptors (Lipinski definition) is 4. The number of aryl methyl sites for hydroxylation is 2. The third-order valence-corrected chi connectivity index (χ3v) is 5.60. The van der Waals surface area contributed by atoms with Crippen LogP contribution >= 0.6 is 15.9 Å². The Kier molecular flexibility index (Phi) is 19.1. The molecule has 0 bridgehead atoms. The maximum absolute atomic E-state index is 11.5. The Bertz CT molecular complexity index is 893. The summed E-state index contributed by atoms with van der Waals surface area (Å²) in [6.07, 6.45) is 9.29. The molecule has 4 nitrogen and oxygen atoms in total. The zero-order chi connectivity index (χ0) is 22.8. The molecule has 0 aromatic heterocycles. The SMILES string of the molecule is C.CCc1cc(Br)ccc1C(=O)OC.CCc1cc(C2CC2)ccc1C(=O)OC.[Br-].[CH-]1CC1.[Mg+2]. The maximum Gasteiger partial charge on any atom is 2.00 e. The number of benzene rings is 2. The normalized spacial score (nSPS) is 12.5. The summed E-state index contributed by atoms with van der Waals surface area (Å²) in [4.78, 5) is 22.7. The topological polar surface area (TPSA) is 52.6 Å². The molecule has 0 saturated heterocycles. The molecule has 0 heterocycles. The summed E-state index contributed by atoms with van der Waals surface area (Å²) in [5.74, 6) is 0.237. The van der Waals surface area contributed by atoms with Gasteiger partial charge in [-0.1, -0.05) is 49.3 Å². The first-order valence-corrected chi connectivity index (χ1v) is 11.6. The molecule has 0 unspecified atom stereocenters. The van der Waals surface area contributed by atoms with Gasteiger partial charge in [0.2, 0.25) is 0 Å². The van der Waals surface area contributed by atoms with Crippen LogP contribution in [0.4, 0.5) is 0 Å². The van der Waals surface area contributed by atoms with Gasteiger partial charge in [-0.15, -0.1) is 0 Å². The van der Waals surface area contributed by atoms with E-state index in [1.807, 2.05) is 25.1 Å². The van der Waals surface area contributed by atoms with Gasteiger partial charge in [0.05, 0.1) is 25.3 Å². The Morgan fingerprint density at radius 1 is 0.912 bits per heavy atom. The van der Waals surface area contributed by atoms with Crippen LogP contribution in [0.5, 0.6) is 0 Å². The molecular formula is C27H36Br2MgO4. The Morgan fingerprint density at radius 2 is 1.35 bits per heavy atom. The molecule has 2 aliphatic carbocycles. The number of halogens is 2. The average Bonchev–Trinajstić information content (AvgIpc) is 3.69. The average molecular weight is 609 g/mol. The van der Waals surface area contributed by atoms with E-state index in [4.69, 9.17) is 4.74 Å². The van der Waals surface area contributed by atoms with Gasteiger partial charge in [0.15, 0.2) is 0 Å². The second-order valence-corrected chi connectivity index (χ2v) is 8.46. The predicted molar refractivity (Wildman–Crippen MR) is 140 cm³/mol. The summed E-state index contributed by atoms with van der Waals surface area (Å²) >= 11 is 3.36. The predicted octanol–water partition coefficient (Wildman–Crippen LogP) is 3.95. The Hall–Kier alpha value is -0.894. The third kappa shape index (κ3) is 11.7. The number of rotatable bonds is 5. The standard InChI is InChI=1S/C13H16O2.C10H11BrO2.C3H5.CH4.BrH.Mg/c1-3-9-8-11(10-4-5-10)6-7-12(9)13(14)15-2;1-3-7-6-8(11)4-5-9(7)10(12)13-2;1-2-3-1;;;/h6-8,10H,3-5H2,1-2H3;4-6H,3H2,1-2H3;1H,2-3H2;1H4;1H;/q;;-1;;;+2/p-1. The Morgan fingerprint density at radius 3 is 1.74 bits per heavy atom. The maximum atomic E-state index is 11.5. The van der Waals surface area contributed by atoms with Gasteiger partial charge in [-0.25, -0.2) is 22.4 Å². The summed E-state index contributed by atoms with van der Waals surface area (Å²) < 4.78 is 10.4. The minimum absolute atomic E-state index is 0. The van der Waals surface area contributed by atoms with Crippen LogP contribution in [-0.4, -0.2) is 49.2 Å². The number of hydrogen-bond donors (Lipinski definition) is 0. The van der Waals surface area contributed by atoms with Crippen LogP contribution in [0.15, 0.2) is 40.9 Å². The Balaban J connectivity index is 0. The van der Waals surface area contributed by atoms with Crippen molar-refractivity contribution in [1.29, 1.82) is 0 Å². The van der Waals surface area contributed by atoms with Crippen molar-refractivity contribution in [3.63, 3.8) is 0 Å². The van der Waals surface area contributed by atoms with Crippen molar-refractivity contribution < 1.29 is 36.0 Å². The van der Waals surface area contributed by atoms with E-state index in [0.29, 0.717) is 11.1 Å². The van der Waals surface area contributed by atoms with Gasteiger partial charge in [-0.3, -0.25) is 0 Å². The number of carbonyl (C=O) groups excluding carboxylic acids is 2. The van der Waals surface area contributed by atoms with Crippen LogP contribution in [0.3, 0.4) is 0 Å². The fourth-order valence-corrected chi connectivity index (χ4v) is 3.46.